The molecule has 0 aromatic heterocycles. The Kier molecular flexibility index (Phi) is 1.72. The molecule has 3 N–H and O–H groups in total. The zero-order valence-corrected chi connectivity index (χ0v) is 7.45. The maximum absolute atomic E-state index is 7.35. The van der Waals surface area contributed by atoms with Crippen LogP contribution in [0.5, 0.6) is 0 Å². The Morgan fingerprint density at radius 3 is 2.67 bits per heavy atom. The van der Waals surface area contributed by atoms with Crippen LogP contribution >= 0.6 is 0 Å². The van der Waals surface area contributed by atoms with E-state index in [0.29, 0.717) is 12.1 Å². The molecule has 0 unspecified atom stereocenters. The van der Waals surface area contributed by atoms with Gasteiger partial charge in [0.1, 0.15) is 0 Å². The number of hydrogen-bond acceptors (Lipinski definition) is 2. The number of nitrogens with one attached hydrogen (secondary N) is 1. The second-order valence-electron chi connectivity index (χ2n) is 3.67. The topological polar surface area (TPSA) is 56.4 Å². The summed E-state index contributed by atoms with van der Waals surface area (Å²) in [5, 5.41) is 7.35. The average molecular weight is 168 g/mol. The van der Waals surface area contributed by atoms with Crippen LogP contribution in [0.15, 0.2) is 0 Å². The molecule has 2 saturated heterocycles. The van der Waals surface area contributed by atoms with Gasteiger partial charge in [0.2, 0.25) is 0 Å². The molecule has 0 radical (unpaired) electrons. The minimum absolute atomic E-state index is 0.248. The lowest BCUT2D eigenvalue weighted by molar-refractivity contribution is 0.182. The molecular formula is C8H16N4. The van der Waals surface area contributed by atoms with Crippen LogP contribution < -0.4 is 5.73 Å². The molecule has 2 atom stereocenters. The van der Waals surface area contributed by atoms with Gasteiger partial charge in [0.05, 0.1) is 0 Å². The van der Waals surface area contributed by atoms with Crippen molar-refractivity contribution in [3.8, 4) is 0 Å². The van der Waals surface area contributed by atoms with Crippen LogP contribution in [-0.2, 0) is 0 Å². The van der Waals surface area contributed by atoms with Gasteiger partial charge in [0, 0.05) is 25.2 Å². The van der Waals surface area contributed by atoms with Crippen molar-refractivity contribution in [2.24, 2.45) is 5.73 Å². The highest BCUT2D eigenvalue weighted by Gasteiger charge is 2.42. The maximum Gasteiger partial charge on any atom is 0.188 e. The highest BCUT2D eigenvalue weighted by atomic mass is 15.4. The number of nitrogens with zero attached hydrogens (tertiary/aromatic N) is 2. The van der Waals surface area contributed by atoms with E-state index < -0.39 is 0 Å². The van der Waals surface area contributed by atoms with Crippen molar-refractivity contribution in [2.75, 3.05) is 19.6 Å². The van der Waals surface area contributed by atoms with Crippen molar-refractivity contribution in [1.29, 1.82) is 5.41 Å². The number of guanidine groups is 1. The third kappa shape index (κ3) is 0.982. The molecule has 0 aromatic rings. The van der Waals surface area contributed by atoms with E-state index in [-0.39, 0.29) is 5.96 Å². The first-order valence-electron chi connectivity index (χ1n) is 4.57. The summed E-state index contributed by atoms with van der Waals surface area (Å²) in [5.41, 5.74) is 5.46. The average Bonchev–Trinajstić information content (AvgIpc) is 2.60. The summed E-state index contributed by atoms with van der Waals surface area (Å²) in [6.07, 6.45) is 1.20. The zero-order valence-electron chi connectivity index (χ0n) is 7.45. The second-order valence-corrected chi connectivity index (χ2v) is 3.67. The molecule has 0 aromatic carbocycles. The minimum atomic E-state index is 0.248. The van der Waals surface area contributed by atoms with Gasteiger partial charge in [0.25, 0.3) is 0 Å². The molecule has 2 heterocycles. The Morgan fingerprint density at radius 2 is 2.25 bits per heavy atom. The largest absolute Gasteiger partial charge is 0.370 e. The van der Waals surface area contributed by atoms with Crippen molar-refractivity contribution in [3.05, 3.63) is 0 Å². The Morgan fingerprint density at radius 1 is 1.50 bits per heavy atom. The molecule has 4 heteroatoms. The lowest BCUT2D eigenvalue weighted by Crippen LogP contribution is -2.50. The Labute approximate surface area is 72.8 Å². The van der Waals surface area contributed by atoms with E-state index in [1.807, 2.05) is 4.90 Å². The van der Waals surface area contributed by atoms with Crippen LogP contribution in [0, 0.1) is 5.41 Å². The number of likely N-dealkylation sites (tertiary alicyclic amines) is 2. The van der Waals surface area contributed by atoms with Gasteiger partial charge in [-0.2, -0.15) is 0 Å². The molecule has 2 fully saturated rings. The normalized spacial score (nSPS) is 34.6. The summed E-state index contributed by atoms with van der Waals surface area (Å²) < 4.78 is 0. The Hall–Kier alpha value is -0.770. The van der Waals surface area contributed by atoms with Gasteiger partial charge in [-0.25, -0.2) is 0 Å². The van der Waals surface area contributed by atoms with E-state index in [0.717, 1.165) is 19.6 Å². The summed E-state index contributed by atoms with van der Waals surface area (Å²) in [6, 6.07) is 1.18. The lowest BCUT2D eigenvalue weighted by atomic mass is 10.2. The van der Waals surface area contributed by atoms with Crippen molar-refractivity contribution >= 4 is 5.96 Å². The van der Waals surface area contributed by atoms with E-state index in [1.165, 1.54) is 6.42 Å². The fraction of sp³-hybridized carbons (Fsp3) is 0.875. The zero-order chi connectivity index (χ0) is 8.72. The van der Waals surface area contributed by atoms with Crippen molar-refractivity contribution in [3.63, 3.8) is 0 Å². The Bertz CT molecular complexity index is 203. The smallest absolute Gasteiger partial charge is 0.188 e. The first-order valence-corrected chi connectivity index (χ1v) is 4.57. The standard InChI is InChI=1S/C8H16N4/c1-2-11-4-7-3-6(11)5-12(7)8(9)10/h6-7H,2-5H2,1H3,(H3,9,10)/t6-,7-/m0/s1. The highest BCUT2D eigenvalue weighted by molar-refractivity contribution is 5.75. The summed E-state index contributed by atoms with van der Waals surface area (Å²) >= 11 is 0. The van der Waals surface area contributed by atoms with Crippen LogP contribution in [-0.4, -0.2) is 47.5 Å². The molecule has 2 bridgehead atoms. The molecule has 12 heavy (non-hydrogen) atoms. The predicted octanol–water partition coefficient (Wildman–Crippen LogP) is -0.342. The van der Waals surface area contributed by atoms with Gasteiger partial charge >= 0.3 is 0 Å². The first kappa shape index (κ1) is 7.86. The van der Waals surface area contributed by atoms with E-state index in [9.17, 15) is 0 Å². The molecule has 2 rings (SSSR count). The number of nitrogens with two attached hydrogens (primary N) is 1. The quantitative estimate of drug-likeness (QED) is 0.416. The molecule has 0 aliphatic carbocycles. The second kappa shape index (κ2) is 2.62. The SMILES string of the molecule is CCN1C[C@@H]2C[C@H]1CN2C(=N)N. The molecule has 0 saturated carbocycles. The van der Waals surface area contributed by atoms with E-state index in [1.54, 1.807) is 0 Å². The third-order valence-corrected chi connectivity index (χ3v) is 3.07. The van der Waals surface area contributed by atoms with Crippen molar-refractivity contribution < 1.29 is 0 Å². The van der Waals surface area contributed by atoms with Crippen molar-refractivity contribution in [1.82, 2.24) is 9.80 Å². The summed E-state index contributed by atoms with van der Waals surface area (Å²) in [7, 11) is 0. The number of rotatable bonds is 1. The summed E-state index contributed by atoms with van der Waals surface area (Å²) in [5.74, 6) is 0.248. The van der Waals surface area contributed by atoms with E-state index in [4.69, 9.17) is 11.1 Å². The van der Waals surface area contributed by atoms with Crippen LogP contribution in [0.3, 0.4) is 0 Å². The van der Waals surface area contributed by atoms with Crippen LogP contribution in [0.1, 0.15) is 13.3 Å². The van der Waals surface area contributed by atoms with Gasteiger partial charge in [0.15, 0.2) is 5.96 Å². The molecule has 0 amide bonds. The molecule has 2 aliphatic rings. The lowest BCUT2D eigenvalue weighted by Gasteiger charge is -2.33. The van der Waals surface area contributed by atoms with Gasteiger partial charge in [-0.1, -0.05) is 6.92 Å². The summed E-state index contributed by atoms with van der Waals surface area (Å²) in [6.45, 7) is 5.39. The van der Waals surface area contributed by atoms with E-state index in [2.05, 4.69) is 11.8 Å². The molecule has 68 valence electrons. The fourth-order valence-electron chi connectivity index (χ4n) is 2.43. The molecule has 2 aliphatic heterocycles. The first-order chi connectivity index (χ1) is 5.72. The number of fused-ring (bicyclic) bond motifs is 2. The summed E-state index contributed by atoms with van der Waals surface area (Å²) in [4.78, 5) is 4.50. The van der Waals surface area contributed by atoms with Gasteiger partial charge < -0.3 is 10.6 Å². The van der Waals surface area contributed by atoms with Crippen LogP contribution in [0.4, 0.5) is 0 Å². The van der Waals surface area contributed by atoms with Crippen molar-refractivity contribution in [2.45, 2.75) is 25.4 Å². The molecular weight excluding hydrogens is 152 g/mol. The Balaban J connectivity index is 2.03. The third-order valence-electron chi connectivity index (χ3n) is 3.07. The molecule has 0 spiro atoms. The highest BCUT2D eigenvalue weighted by Crippen LogP contribution is 2.29. The fourth-order valence-corrected chi connectivity index (χ4v) is 2.43. The predicted molar refractivity (Wildman–Crippen MR) is 48.1 cm³/mol. The van der Waals surface area contributed by atoms with Gasteiger partial charge in [-0.15, -0.1) is 0 Å². The minimum Gasteiger partial charge on any atom is -0.370 e. The van der Waals surface area contributed by atoms with Gasteiger partial charge in [-0.3, -0.25) is 10.3 Å². The van der Waals surface area contributed by atoms with E-state index >= 15 is 0 Å². The number of likely N-dealkylation sites (N-methyl/N-ethyl adjacent to an activating group) is 1. The van der Waals surface area contributed by atoms with Crippen LogP contribution in [0.25, 0.3) is 0 Å². The van der Waals surface area contributed by atoms with Gasteiger partial charge in [-0.05, 0) is 13.0 Å². The van der Waals surface area contributed by atoms with Crippen LogP contribution in [0.2, 0.25) is 0 Å². The monoisotopic (exact) mass is 168 g/mol. The molecule has 4 nitrogen and oxygen atoms in total. The number of piperazine rings is 1. The maximum atomic E-state index is 7.35. The number of hydrogen-bond donors (Lipinski definition) is 2.